The number of allylic oxidation sites excluding steroid dienone is 2. The van der Waals surface area contributed by atoms with Crippen molar-refractivity contribution in [1.82, 2.24) is 10.4 Å². The Kier molecular flexibility index (Phi) is 5.35. The Balaban J connectivity index is 1.52. The van der Waals surface area contributed by atoms with Crippen LogP contribution < -0.4 is 5.48 Å². The minimum atomic E-state index is -1.11. The van der Waals surface area contributed by atoms with E-state index in [1.54, 1.807) is 43.4 Å². The fourth-order valence-electron chi connectivity index (χ4n) is 3.49. The molecule has 1 aliphatic carbocycles. The normalized spacial score (nSPS) is 23.1. The summed E-state index contributed by atoms with van der Waals surface area (Å²) in [6, 6.07) is 5.08. The first kappa shape index (κ1) is 19.8. The molecule has 1 heterocycles. The number of hydroxylamine groups is 1. The third kappa shape index (κ3) is 3.56. The minimum Gasteiger partial charge on any atom is -0.481 e. The zero-order chi connectivity index (χ0) is 20.5. The van der Waals surface area contributed by atoms with Crippen LogP contribution in [0.5, 0.6) is 0 Å². The van der Waals surface area contributed by atoms with Crippen LogP contribution in [0.1, 0.15) is 28.4 Å². The van der Waals surface area contributed by atoms with Crippen molar-refractivity contribution in [1.29, 1.82) is 0 Å². The molecule has 1 aromatic carbocycles. The molecule has 1 aromatic rings. The van der Waals surface area contributed by atoms with Gasteiger partial charge in [0.1, 0.15) is 5.92 Å². The molecule has 0 saturated carbocycles. The Morgan fingerprint density at radius 1 is 1.29 bits per heavy atom. The second-order valence-electron chi connectivity index (χ2n) is 6.99. The summed E-state index contributed by atoms with van der Waals surface area (Å²) in [6.45, 7) is 4.22. The molecule has 2 atom stereocenters. The number of nitrogens with one attached hydrogen (secondary N) is 1. The Bertz CT molecular complexity index is 891. The molecule has 8 heteroatoms. The fourth-order valence-corrected chi connectivity index (χ4v) is 3.49. The molecule has 1 saturated heterocycles. The van der Waals surface area contributed by atoms with E-state index < -0.39 is 23.4 Å². The number of nitrogens with zero attached hydrogens (tertiary/aromatic N) is 1. The van der Waals surface area contributed by atoms with Crippen LogP contribution in [0.25, 0.3) is 0 Å². The topological polar surface area (TPSA) is 116 Å². The molecular weight excluding hydrogens is 364 g/mol. The molecule has 2 aliphatic rings. The van der Waals surface area contributed by atoms with Crippen molar-refractivity contribution < 1.29 is 29.4 Å². The second kappa shape index (κ2) is 7.57. The van der Waals surface area contributed by atoms with Gasteiger partial charge in [0.05, 0.1) is 12.2 Å². The van der Waals surface area contributed by atoms with Gasteiger partial charge < -0.3 is 15.1 Å². The SMILES string of the molecule is CC1=CC(C(=O)O)C2(C=C1)C(=O)N2CCNOCc1ccc(C)cc1C(=O)O. The number of hydrogen-bond donors (Lipinski definition) is 3. The fraction of sp³-hybridized carbons (Fsp3) is 0.350. The standard InChI is InChI=1S/C20H22N2O6/c1-12-3-4-14(15(9-12)17(23)24)11-28-21-7-8-22-19(27)20(22)6-5-13(2)10-16(20)18(25)26/h3-6,9-10,16,21H,7-8,11H2,1-2H3,(H,23,24)(H,25,26). The molecule has 0 aromatic heterocycles. The van der Waals surface area contributed by atoms with Crippen LogP contribution in [0.2, 0.25) is 0 Å². The van der Waals surface area contributed by atoms with Gasteiger partial charge in [0.15, 0.2) is 5.54 Å². The maximum atomic E-state index is 12.3. The Labute approximate surface area is 162 Å². The number of amides is 1. The van der Waals surface area contributed by atoms with E-state index in [0.29, 0.717) is 5.56 Å². The van der Waals surface area contributed by atoms with E-state index >= 15 is 0 Å². The number of benzene rings is 1. The molecule has 148 valence electrons. The number of carbonyl (C=O) groups excluding carboxylic acids is 1. The van der Waals surface area contributed by atoms with Crippen molar-refractivity contribution in [2.45, 2.75) is 26.0 Å². The van der Waals surface area contributed by atoms with E-state index in [0.717, 1.165) is 11.1 Å². The number of hydrogen-bond acceptors (Lipinski definition) is 5. The smallest absolute Gasteiger partial charge is 0.336 e. The third-order valence-electron chi connectivity index (χ3n) is 5.02. The molecule has 3 rings (SSSR count). The summed E-state index contributed by atoms with van der Waals surface area (Å²) in [5, 5.41) is 18.7. The zero-order valence-corrected chi connectivity index (χ0v) is 15.6. The van der Waals surface area contributed by atoms with Crippen LogP contribution in [0.4, 0.5) is 0 Å². The van der Waals surface area contributed by atoms with Gasteiger partial charge >= 0.3 is 11.9 Å². The quantitative estimate of drug-likeness (QED) is 0.352. The highest BCUT2D eigenvalue weighted by molar-refractivity contribution is 6.09. The van der Waals surface area contributed by atoms with Gasteiger partial charge in [-0.15, -0.1) is 0 Å². The van der Waals surface area contributed by atoms with Crippen LogP contribution in [-0.2, 0) is 21.0 Å². The van der Waals surface area contributed by atoms with Gasteiger partial charge in [-0.3, -0.25) is 14.4 Å². The molecule has 8 nitrogen and oxygen atoms in total. The van der Waals surface area contributed by atoms with Crippen molar-refractivity contribution in [3.05, 3.63) is 58.7 Å². The lowest BCUT2D eigenvalue weighted by molar-refractivity contribution is -0.141. The first-order chi connectivity index (χ1) is 13.3. The van der Waals surface area contributed by atoms with Crippen LogP contribution in [0.15, 0.2) is 42.0 Å². The first-order valence-electron chi connectivity index (χ1n) is 8.87. The maximum absolute atomic E-state index is 12.3. The van der Waals surface area contributed by atoms with Gasteiger partial charge in [-0.1, -0.05) is 35.4 Å². The first-order valence-corrected chi connectivity index (χ1v) is 8.87. The third-order valence-corrected chi connectivity index (χ3v) is 5.02. The molecule has 2 unspecified atom stereocenters. The summed E-state index contributed by atoms with van der Waals surface area (Å²) in [5.41, 5.74) is 3.97. The number of rotatable bonds is 8. The molecule has 28 heavy (non-hydrogen) atoms. The Morgan fingerprint density at radius 3 is 2.71 bits per heavy atom. The van der Waals surface area contributed by atoms with Crippen molar-refractivity contribution in [3.8, 4) is 0 Å². The highest BCUT2D eigenvalue weighted by Gasteiger charge is 2.67. The summed E-state index contributed by atoms with van der Waals surface area (Å²) in [6.07, 6.45) is 5.00. The Hall–Kier alpha value is -2.97. The van der Waals surface area contributed by atoms with Gasteiger partial charge in [-0.05, 0) is 31.6 Å². The molecule has 1 amide bonds. The molecule has 0 radical (unpaired) electrons. The summed E-state index contributed by atoms with van der Waals surface area (Å²) in [4.78, 5) is 42.0. The van der Waals surface area contributed by atoms with E-state index in [9.17, 15) is 24.6 Å². The number of carboxylic acids is 2. The predicted octanol–water partition coefficient (Wildman–Crippen LogP) is 1.51. The molecule has 1 spiro atoms. The zero-order valence-electron chi connectivity index (χ0n) is 15.6. The van der Waals surface area contributed by atoms with Crippen LogP contribution in [-0.4, -0.2) is 51.6 Å². The lowest BCUT2D eigenvalue weighted by atomic mass is 9.85. The van der Waals surface area contributed by atoms with E-state index in [2.05, 4.69) is 5.48 Å². The lowest BCUT2D eigenvalue weighted by Gasteiger charge is -2.21. The van der Waals surface area contributed by atoms with E-state index in [1.165, 1.54) is 4.90 Å². The molecular formula is C20H22N2O6. The average molecular weight is 386 g/mol. The van der Waals surface area contributed by atoms with Gasteiger partial charge in [0.2, 0.25) is 0 Å². The van der Waals surface area contributed by atoms with Crippen LogP contribution >= 0.6 is 0 Å². The Morgan fingerprint density at radius 2 is 2.04 bits per heavy atom. The van der Waals surface area contributed by atoms with Crippen molar-refractivity contribution in [2.75, 3.05) is 13.1 Å². The predicted molar refractivity (Wildman–Crippen MR) is 99.4 cm³/mol. The summed E-state index contributed by atoms with van der Waals surface area (Å²) in [7, 11) is 0. The number of aliphatic carboxylic acids is 1. The molecule has 1 aliphatic heterocycles. The van der Waals surface area contributed by atoms with Crippen molar-refractivity contribution in [3.63, 3.8) is 0 Å². The molecule has 3 N–H and O–H groups in total. The number of aryl methyl sites for hydroxylation is 1. The van der Waals surface area contributed by atoms with Crippen molar-refractivity contribution in [2.24, 2.45) is 5.92 Å². The summed E-state index contributed by atoms with van der Waals surface area (Å²) in [5.74, 6) is -3.19. The van der Waals surface area contributed by atoms with E-state index in [4.69, 9.17) is 4.84 Å². The molecule has 1 fully saturated rings. The largest absolute Gasteiger partial charge is 0.481 e. The van der Waals surface area contributed by atoms with Gasteiger partial charge in [-0.2, -0.15) is 0 Å². The van der Waals surface area contributed by atoms with E-state index in [-0.39, 0.29) is 31.2 Å². The average Bonchev–Trinajstić information content (AvgIpc) is 3.20. The van der Waals surface area contributed by atoms with E-state index in [1.807, 2.05) is 6.92 Å². The highest BCUT2D eigenvalue weighted by Crippen LogP contribution is 2.45. The monoisotopic (exact) mass is 386 g/mol. The lowest BCUT2D eigenvalue weighted by Crippen LogP contribution is -2.36. The number of carboxylic acid groups (broad SMARTS) is 2. The number of aromatic carboxylic acids is 1. The van der Waals surface area contributed by atoms with Crippen molar-refractivity contribution >= 4 is 17.8 Å². The maximum Gasteiger partial charge on any atom is 0.336 e. The van der Waals surface area contributed by atoms with Gasteiger partial charge in [0, 0.05) is 13.1 Å². The number of carbonyl (C=O) groups is 3. The van der Waals surface area contributed by atoms with Crippen LogP contribution in [0, 0.1) is 12.8 Å². The van der Waals surface area contributed by atoms with Gasteiger partial charge in [-0.25, -0.2) is 10.3 Å². The minimum absolute atomic E-state index is 0.0561. The second-order valence-corrected chi connectivity index (χ2v) is 6.99. The summed E-state index contributed by atoms with van der Waals surface area (Å²) < 4.78 is 0. The molecule has 0 bridgehead atoms. The van der Waals surface area contributed by atoms with Gasteiger partial charge in [0.25, 0.3) is 5.91 Å². The summed E-state index contributed by atoms with van der Waals surface area (Å²) >= 11 is 0. The highest BCUT2D eigenvalue weighted by atomic mass is 16.6. The van der Waals surface area contributed by atoms with Crippen LogP contribution in [0.3, 0.4) is 0 Å².